The highest BCUT2D eigenvalue weighted by Gasteiger charge is 2.19. The van der Waals surface area contributed by atoms with Crippen LogP contribution in [0.4, 0.5) is 5.69 Å². The summed E-state index contributed by atoms with van der Waals surface area (Å²) in [6.07, 6.45) is 10.8. The lowest BCUT2D eigenvalue weighted by atomic mass is 10.0. The van der Waals surface area contributed by atoms with Crippen LogP contribution in [-0.2, 0) is 16.3 Å². The topological polar surface area (TPSA) is 37.4 Å². The SMILES string of the molecule is CCCCCCCc1cc(N(C)C)ccc1S(=O)(=O)CCCCCC. The second-order valence-corrected chi connectivity index (χ2v) is 9.31. The molecule has 1 rings (SSSR count). The first-order valence-electron chi connectivity index (χ1n) is 9.95. The molecule has 0 N–H and O–H groups in total. The summed E-state index contributed by atoms with van der Waals surface area (Å²) in [5.41, 5.74) is 2.08. The van der Waals surface area contributed by atoms with E-state index in [1.807, 2.05) is 31.1 Å². The van der Waals surface area contributed by atoms with E-state index in [2.05, 4.69) is 19.9 Å². The summed E-state index contributed by atoms with van der Waals surface area (Å²) in [5, 5.41) is 0. The molecule has 0 aromatic heterocycles. The quantitative estimate of drug-likeness (QED) is 0.425. The maximum Gasteiger partial charge on any atom is 0.178 e. The molecule has 0 fully saturated rings. The Balaban J connectivity index is 2.88. The van der Waals surface area contributed by atoms with Crippen LogP contribution >= 0.6 is 0 Å². The van der Waals surface area contributed by atoms with Gasteiger partial charge in [0, 0.05) is 19.8 Å². The van der Waals surface area contributed by atoms with Crippen LogP contribution in [0, 0.1) is 0 Å². The van der Waals surface area contributed by atoms with Gasteiger partial charge in [-0.15, -0.1) is 0 Å². The van der Waals surface area contributed by atoms with Gasteiger partial charge in [-0.2, -0.15) is 0 Å². The van der Waals surface area contributed by atoms with E-state index >= 15 is 0 Å². The summed E-state index contributed by atoms with van der Waals surface area (Å²) in [4.78, 5) is 2.60. The van der Waals surface area contributed by atoms with E-state index in [-0.39, 0.29) is 5.75 Å². The summed E-state index contributed by atoms with van der Waals surface area (Å²) in [5.74, 6) is 0.275. The Morgan fingerprint density at radius 2 is 1.44 bits per heavy atom. The van der Waals surface area contributed by atoms with Crippen molar-refractivity contribution in [3.8, 4) is 0 Å². The summed E-state index contributed by atoms with van der Waals surface area (Å²) >= 11 is 0. The molecule has 0 aliphatic rings. The average molecular weight is 368 g/mol. The highest BCUT2D eigenvalue weighted by atomic mass is 32.2. The van der Waals surface area contributed by atoms with Crippen molar-refractivity contribution in [3.63, 3.8) is 0 Å². The van der Waals surface area contributed by atoms with Gasteiger partial charge in [0.1, 0.15) is 0 Å². The fraction of sp³-hybridized carbons (Fsp3) is 0.714. The predicted molar refractivity (Wildman–Crippen MR) is 109 cm³/mol. The van der Waals surface area contributed by atoms with Crippen LogP contribution in [0.5, 0.6) is 0 Å². The van der Waals surface area contributed by atoms with Gasteiger partial charge in [0.15, 0.2) is 9.84 Å². The van der Waals surface area contributed by atoms with Crippen LogP contribution in [0.3, 0.4) is 0 Å². The van der Waals surface area contributed by atoms with Crippen molar-refractivity contribution in [2.45, 2.75) is 83.0 Å². The smallest absolute Gasteiger partial charge is 0.178 e. The minimum absolute atomic E-state index is 0.275. The number of hydrogen-bond acceptors (Lipinski definition) is 3. The van der Waals surface area contributed by atoms with Crippen LogP contribution in [0.15, 0.2) is 23.1 Å². The van der Waals surface area contributed by atoms with Gasteiger partial charge in [-0.25, -0.2) is 8.42 Å². The molecule has 0 saturated carbocycles. The number of rotatable bonds is 13. The molecule has 0 aliphatic carbocycles. The molecule has 0 spiro atoms. The number of unbranched alkanes of at least 4 members (excludes halogenated alkanes) is 7. The van der Waals surface area contributed by atoms with Crippen molar-refractivity contribution in [1.82, 2.24) is 0 Å². The summed E-state index contributed by atoms with van der Waals surface area (Å²) in [7, 11) is 0.819. The van der Waals surface area contributed by atoms with E-state index in [4.69, 9.17) is 0 Å². The van der Waals surface area contributed by atoms with Crippen LogP contribution < -0.4 is 4.90 Å². The Labute approximate surface area is 155 Å². The van der Waals surface area contributed by atoms with E-state index in [9.17, 15) is 8.42 Å². The molecule has 0 bridgehead atoms. The molecule has 0 aliphatic heterocycles. The average Bonchev–Trinajstić information content (AvgIpc) is 2.58. The summed E-state index contributed by atoms with van der Waals surface area (Å²) < 4.78 is 25.6. The Kier molecular flexibility index (Phi) is 10.2. The highest BCUT2D eigenvalue weighted by Crippen LogP contribution is 2.25. The predicted octanol–water partition coefficient (Wildman–Crippen LogP) is 5.62. The molecule has 0 amide bonds. The molecule has 144 valence electrons. The Morgan fingerprint density at radius 1 is 0.840 bits per heavy atom. The zero-order valence-electron chi connectivity index (χ0n) is 16.7. The number of nitrogens with zero attached hydrogens (tertiary/aromatic N) is 1. The first-order valence-corrected chi connectivity index (χ1v) is 11.6. The molecular weight excluding hydrogens is 330 g/mol. The lowest BCUT2D eigenvalue weighted by Gasteiger charge is -2.17. The molecule has 0 atom stereocenters. The zero-order valence-corrected chi connectivity index (χ0v) is 17.5. The number of hydrogen-bond donors (Lipinski definition) is 0. The van der Waals surface area contributed by atoms with Crippen molar-refractivity contribution in [3.05, 3.63) is 23.8 Å². The van der Waals surface area contributed by atoms with Gasteiger partial charge in [-0.3, -0.25) is 0 Å². The van der Waals surface area contributed by atoms with E-state index in [0.717, 1.165) is 49.8 Å². The Morgan fingerprint density at radius 3 is 2.04 bits per heavy atom. The van der Waals surface area contributed by atoms with Gasteiger partial charge in [0.05, 0.1) is 10.6 Å². The van der Waals surface area contributed by atoms with Gasteiger partial charge >= 0.3 is 0 Å². The van der Waals surface area contributed by atoms with Crippen molar-refractivity contribution < 1.29 is 8.42 Å². The largest absolute Gasteiger partial charge is 0.378 e. The van der Waals surface area contributed by atoms with Crippen LogP contribution in [0.2, 0.25) is 0 Å². The van der Waals surface area contributed by atoms with Crippen LogP contribution in [0.25, 0.3) is 0 Å². The lowest BCUT2D eigenvalue weighted by Crippen LogP contribution is -2.13. The van der Waals surface area contributed by atoms with Gasteiger partial charge < -0.3 is 4.90 Å². The van der Waals surface area contributed by atoms with Crippen LogP contribution in [0.1, 0.15) is 77.2 Å². The van der Waals surface area contributed by atoms with Crippen LogP contribution in [-0.4, -0.2) is 28.3 Å². The minimum atomic E-state index is -3.18. The molecule has 0 radical (unpaired) electrons. The molecule has 25 heavy (non-hydrogen) atoms. The first-order chi connectivity index (χ1) is 11.9. The molecule has 3 nitrogen and oxygen atoms in total. The second kappa shape index (κ2) is 11.6. The summed E-state index contributed by atoms with van der Waals surface area (Å²) in [6, 6.07) is 5.82. The van der Waals surface area contributed by atoms with E-state index in [0.29, 0.717) is 4.90 Å². The highest BCUT2D eigenvalue weighted by molar-refractivity contribution is 7.91. The number of benzene rings is 1. The third-order valence-corrected chi connectivity index (χ3v) is 6.61. The number of anilines is 1. The van der Waals surface area contributed by atoms with E-state index in [1.165, 1.54) is 25.7 Å². The maximum absolute atomic E-state index is 12.8. The molecule has 0 saturated heterocycles. The third kappa shape index (κ3) is 7.81. The number of sulfone groups is 1. The molecular formula is C21H37NO2S. The van der Waals surface area contributed by atoms with Gasteiger partial charge in [0.2, 0.25) is 0 Å². The first kappa shape index (κ1) is 22.0. The van der Waals surface area contributed by atoms with Crippen molar-refractivity contribution >= 4 is 15.5 Å². The van der Waals surface area contributed by atoms with E-state index in [1.54, 1.807) is 0 Å². The Bertz CT molecular complexity index is 594. The monoisotopic (exact) mass is 367 g/mol. The third-order valence-electron chi connectivity index (χ3n) is 4.71. The molecule has 0 unspecified atom stereocenters. The van der Waals surface area contributed by atoms with E-state index < -0.39 is 9.84 Å². The zero-order chi connectivity index (χ0) is 18.7. The van der Waals surface area contributed by atoms with Crippen molar-refractivity contribution in [2.75, 3.05) is 24.7 Å². The fourth-order valence-corrected chi connectivity index (χ4v) is 4.73. The minimum Gasteiger partial charge on any atom is -0.378 e. The molecule has 0 heterocycles. The lowest BCUT2D eigenvalue weighted by molar-refractivity contribution is 0.586. The van der Waals surface area contributed by atoms with Crippen molar-refractivity contribution in [1.29, 1.82) is 0 Å². The molecule has 4 heteroatoms. The molecule has 1 aromatic rings. The maximum atomic E-state index is 12.8. The fourth-order valence-electron chi connectivity index (χ4n) is 3.09. The van der Waals surface area contributed by atoms with Crippen molar-refractivity contribution in [2.24, 2.45) is 0 Å². The van der Waals surface area contributed by atoms with Gasteiger partial charge in [0.25, 0.3) is 0 Å². The standard InChI is InChI=1S/C21H37NO2S/c1-5-7-9-11-12-14-19-18-20(22(3)4)15-16-21(19)25(23,24)17-13-10-8-6-2/h15-16,18H,5-14,17H2,1-4H3. The molecule has 1 aromatic carbocycles. The van der Waals surface area contributed by atoms with Gasteiger partial charge in [-0.1, -0.05) is 58.8 Å². The Hall–Kier alpha value is -1.03. The van der Waals surface area contributed by atoms with Gasteiger partial charge in [-0.05, 0) is 43.0 Å². The number of aryl methyl sites for hydroxylation is 1. The summed E-state index contributed by atoms with van der Waals surface area (Å²) in [6.45, 7) is 4.36. The normalized spacial score (nSPS) is 11.7. The second-order valence-electron chi connectivity index (χ2n) is 7.23.